The lowest BCUT2D eigenvalue weighted by atomic mass is 9.97. The second-order valence-corrected chi connectivity index (χ2v) is 4.47. The number of rotatable bonds is 0. The molecule has 2 aromatic carbocycles. The number of hydrogen-bond donors (Lipinski definition) is 0. The summed E-state index contributed by atoms with van der Waals surface area (Å²) < 4.78 is 0. The van der Waals surface area contributed by atoms with Crippen LogP contribution >= 0.6 is 0 Å². The van der Waals surface area contributed by atoms with Crippen LogP contribution in [0.1, 0.15) is 22.3 Å². The smallest absolute Gasteiger partial charge is 0.00494 e. The predicted octanol–water partition coefficient (Wildman–Crippen LogP) is 3.58. The van der Waals surface area contributed by atoms with Crippen LogP contribution in [0.2, 0.25) is 0 Å². The molecule has 0 fully saturated rings. The van der Waals surface area contributed by atoms with E-state index in [2.05, 4.69) is 55.0 Å². The van der Waals surface area contributed by atoms with Gasteiger partial charge in [-0.15, -0.1) is 0 Å². The van der Waals surface area contributed by atoms with Gasteiger partial charge in [-0.1, -0.05) is 48.5 Å². The molecule has 0 aliphatic heterocycles. The molecule has 16 heavy (non-hydrogen) atoms. The van der Waals surface area contributed by atoms with Gasteiger partial charge in [0, 0.05) is 0 Å². The van der Waals surface area contributed by atoms with Gasteiger partial charge in [0.1, 0.15) is 0 Å². The molecule has 79 valence electrons. The van der Waals surface area contributed by atoms with Crippen LogP contribution in [-0.4, -0.2) is 0 Å². The molecule has 0 saturated heterocycles. The molecule has 0 atom stereocenters. The Hall–Kier alpha value is -1.56. The standard InChI is InChI=1S/C16H15/c1-2-14-4-3-13(1)9-10-15-5-7-16(8-6-15)12-11-14/h1-9H,10-12H2. The topological polar surface area (TPSA) is 0 Å². The van der Waals surface area contributed by atoms with E-state index >= 15 is 0 Å². The summed E-state index contributed by atoms with van der Waals surface area (Å²) in [4.78, 5) is 0. The predicted molar refractivity (Wildman–Crippen MR) is 67.4 cm³/mol. The van der Waals surface area contributed by atoms with Crippen molar-refractivity contribution in [2.45, 2.75) is 19.3 Å². The van der Waals surface area contributed by atoms with E-state index in [1.807, 2.05) is 0 Å². The van der Waals surface area contributed by atoms with Gasteiger partial charge >= 0.3 is 0 Å². The maximum absolute atomic E-state index is 2.29. The highest BCUT2D eigenvalue weighted by molar-refractivity contribution is 5.33. The van der Waals surface area contributed by atoms with E-state index in [0.29, 0.717) is 0 Å². The molecule has 0 spiro atoms. The molecule has 4 aliphatic carbocycles. The summed E-state index contributed by atoms with van der Waals surface area (Å²) in [6.07, 6.45) is 5.60. The lowest BCUT2D eigenvalue weighted by Crippen LogP contribution is -1.96. The van der Waals surface area contributed by atoms with Gasteiger partial charge in [0.05, 0.1) is 0 Å². The van der Waals surface area contributed by atoms with E-state index in [1.54, 1.807) is 0 Å². The van der Waals surface area contributed by atoms with E-state index in [4.69, 9.17) is 0 Å². The molecule has 4 aliphatic rings. The van der Waals surface area contributed by atoms with Crippen molar-refractivity contribution in [3.63, 3.8) is 0 Å². The van der Waals surface area contributed by atoms with Crippen LogP contribution in [0, 0.1) is 6.42 Å². The van der Waals surface area contributed by atoms with E-state index in [9.17, 15) is 0 Å². The van der Waals surface area contributed by atoms with Crippen molar-refractivity contribution in [2.75, 3.05) is 0 Å². The summed E-state index contributed by atoms with van der Waals surface area (Å²) in [5.74, 6) is 0. The van der Waals surface area contributed by atoms with E-state index in [1.165, 1.54) is 22.3 Å². The van der Waals surface area contributed by atoms with Gasteiger partial charge in [-0.3, -0.25) is 0 Å². The average molecular weight is 207 g/mol. The highest BCUT2D eigenvalue weighted by Gasteiger charge is 2.02. The third-order valence-corrected chi connectivity index (χ3v) is 3.28. The van der Waals surface area contributed by atoms with Crippen molar-refractivity contribution in [1.29, 1.82) is 0 Å². The number of benzene rings is 2. The zero-order chi connectivity index (χ0) is 10.8. The van der Waals surface area contributed by atoms with Gasteiger partial charge in [-0.05, 0) is 47.9 Å². The Morgan fingerprint density at radius 2 is 1.06 bits per heavy atom. The van der Waals surface area contributed by atoms with Crippen LogP contribution < -0.4 is 0 Å². The van der Waals surface area contributed by atoms with Crippen LogP contribution in [0.5, 0.6) is 0 Å². The lowest BCUT2D eigenvalue weighted by molar-refractivity contribution is 0.953. The third-order valence-electron chi connectivity index (χ3n) is 3.28. The van der Waals surface area contributed by atoms with Crippen molar-refractivity contribution in [1.82, 2.24) is 0 Å². The Balaban J connectivity index is 1.97. The van der Waals surface area contributed by atoms with Gasteiger partial charge < -0.3 is 0 Å². The summed E-state index contributed by atoms with van der Waals surface area (Å²) >= 11 is 0. The Morgan fingerprint density at radius 1 is 0.562 bits per heavy atom. The summed E-state index contributed by atoms with van der Waals surface area (Å²) in [6, 6.07) is 18.0. The summed E-state index contributed by atoms with van der Waals surface area (Å²) in [6.45, 7) is 0. The molecule has 0 amide bonds. The Labute approximate surface area is 96.9 Å². The Bertz CT molecular complexity index is 369. The van der Waals surface area contributed by atoms with Crippen LogP contribution in [0.25, 0.3) is 0 Å². The van der Waals surface area contributed by atoms with Crippen LogP contribution in [0.3, 0.4) is 0 Å². The molecule has 0 heterocycles. The maximum Gasteiger partial charge on any atom is -0.00494 e. The lowest BCUT2D eigenvalue weighted by Gasteiger charge is -2.08. The second-order valence-electron chi connectivity index (χ2n) is 4.47. The number of hydrogen-bond acceptors (Lipinski definition) is 0. The largest absolute Gasteiger partial charge is 0.0588 e. The third kappa shape index (κ3) is 2.01. The van der Waals surface area contributed by atoms with E-state index < -0.39 is 0 Å². The fourth-order valence-electron chi connectivity index (χ4n) is 2.19. The fraction of sp³-hybridized carbons (Fsp3) is 0.188. The minimum absolute atomic E-state index is 1.03. The summed E-state index contributed by atoms with van der Waals surface area (Å²) in [7, 11) is 0. The molecule has 0 N–H and O–H groups in total. The zero-order valence-electron chi connectivity index (χ0n) is 9.32. The highest BCUT2D eigenvalue weighted by atomic mass is 14.1. The molecule has 4 bridgehead atoms. The molecule has 0 unspecified atom stereocenters. The molecule has 0 nitrogen and oxygen atoms in total. The molecule has 1 radical (unpaired) electrons. The SMILES string of the molecule is [CH]1Cc2ccc(cc2)CCc2ccc1cc2. The van der Waals surface area contributed by atoms with Crippen molar-refractivity contribution in [3.05, 3.63) is 77.2 Å². The van der Waals surface area contributed by atoms with E-state index in [0.717, 1.165) is 19.3 Å². The van der Waals surface area contributed by atoms with E-state index in [-0.39, 0.29) is 0 Å². The monoisotopic (exact) mass is 207 g/mol. The van der Waals surface area contributed by atoms with Gasteiger partial charge in [0.15, 0.2) is 0 Å². The van der Waals surface area contributed by atoms with Crippen molar-refractivity contribution < 1.29 is 0 Å². The second kappa shape index (κ2) is 4.13. The van der Waals surface area contributed by atoms with Crippen LogP contribution in [0.15, 0.2) is 48.5 Å². The minimum atomic E-state index is 1.03. The first-order valence-corrected chi connectivity index (χ1v) is 5.90. The average Bonchev–Trinajstić information content (AvgIpc) is 2.33. The zero-order valence-corrected chi connectivity index (χ0v) is 9.32. The maximum atomic E-state index is 2.29. The molecular formula is C16H15. The quantitative estimate of drug-likeness (QED) is 0.619. The van der Waals surface area contributed by atoms with Crippen molar-refractivity contribution in [2.24, 2.45) is 0 Å². The molecule has 0 heteroatoms. The summed E-state index contributed by atoms with van der Waals surface area (Å²) in [5, 5.41) is 0. The van der Waals surface area contributed by atoms with Gasteiger partial charge in [0.25, 0.3) is 0 Å². The van der Waals surface area contributed by atoms with Gasteiger partial charge in [-0.2, -0.15) is 0 Å². The molecule has 2 aromatic rings. The normalized spacial score (nSPS) is 14.5. The Morgan fingerprint density at radius 3 is 1.69 bits per heavy atom. The first-order chi connectivity index (χ1) is 7.90. The van der Waals surface area contributed by atoms with Gasteiger partial charge in [-0.25, -0.2) is 0 Å². The number of aryl methyl sites for hydroxylation is 2. The van der Waals surface area contributed by atoms with Crippen LogP contribution in [0.4, 0.5) is 0 Å². The first-order valence-electron chi connectivity index (χ1n) is 5.90. The molecule has 6 rings (SSSR count). The minimum Gasteiger partial charge on any atom is -0.0588 e. The van der Waals surface area contributed by atoms with Crippen LogP contribution in [-0.2, 0) is 19.3 Å². The summed E-state index contributed by atoms with van der Waals surface area (Å²) in [5.41, 5.74) is 5.59. The molecule has 0 saturated carbocycles. The fourth-order valence-corrected chi connectivity index (χ4v) is 2.19. The van der Waals surface area contributed by atoms with Gasteiger partial charge in [0.2, 0.25) is 0 Å². The van der Waals surface area contributed by atoms with Crippen molar-refractivity contribution in [3.8, 4) is 0 Å². The first kappa shape index (κ1) is 9.65. The molecule has 0 aromatic heterocycles. The molecular weight excluding hydrogens is 192 g/mol. The van der Waals surface area contributed by atoms with Crippen molar-refractivity contribution >= 4 is 0 Å². The Kier molecular flexibility index (Phi) is 2.49. The highest BCUT2D eigenvalue weighted by Crippen LogP contribution is 2.15.